The van der Waals surface area contributed by atoms with Crippen LogP contribution in [-0.4, -0.2) is 40.2 Å². The molecule has 5 N–H and O–H groups in total. The van der Waals surface area contributed by atoms with Gasteiger partial charge < -0.3 is 25.9 Å². The highest BCUT2D eigenvalue weighted by molar-refractivity contribution is 6.10. The van der Waals surface area contributed by atoms with Crippen LogP contribution < -0.4 is 15.4 Å². The summed E-state index contributed by atoms with van der Waals surface area (Å²) in [6.07, 6.45) is 14.9. The third-order valence-electron chi connectivity index (χ3n) is 6.48. The number of pyridine rings is 1. The standard InChI is InChI=1S/C26H30N4O4/c1-3-26(32)12-10-19(11-13-26)28-16-18-14-21(24(34-4-2)15-20(18)27)29-25(31)23-7-5-6-22(30(23)33)17-8-9-17/h1,5-7,14-17,19,27,31-33H,4,8-13H2,2H3/p+1/t19-,26-. The number of allylic oxidation sites excluding steroid dienone is 3. The molecule has 8 heteroatoms. The lowest BCUT2D eigenvalue weighted by molar-refractivity contribution is -0.910. The molecule has 0 unspecified atom stereocenters. The highest BCUT2D eigenvalue weighted by Crippen LogP contribution is 2.38. The second-order valence-corrected chi connectivity index (χ2v) is 9.01. The molecule has 0 aliphatic heterocycles. The van der Waals surface area contributed by atoms with Crippen molar-refractivity contribution in [1.82, 2.24) is 10.6 Å². The average molecular weight is 464 g/mol. The molecule has 0 radical (unpaired) electrons. The number of nitrogens with one attached hydrogen (secondary N) is 3. The topological polar surface area (TPSA) is 119 Å². The highest BCUT2D eigenvalue weighted by atomic mass is 16.5. The van der Waals surface area contributed by atoms with Crippen molar-refractivity contribution in [3.63, 3.8) is 0 Å². The maximum absolute atomic E-state index is 13.0. The minimum Gasteiger partial charge on any atom is -0.492 e. The van der Waals surface area contributed by atoms with E-state index in [4.69, 9.17) is 16.6 Å². The molecule has 0 aromatic carbocycles. The maximum atomic E-state index is 13.0. The number of carbonyl (C=O) groups is 1. The van der Waals surface area contributed by atoms with Gasteiger partial charge in [0.25, 0.3) is 0 Å². The minimum atomic E-state index is -1.03. The molecule has 2 fully saturated rings. The number of hydrogen-bond donors (Lipinski definition) is 5. The largest absolute Gasteiger partial charge is 0.492 e. The third kappa shape index (κ3) is 5.15. The van der Waals surface area contributed by atoms with Crippen LogP contribution in [0.4, 0.5) is 0 Å². The monoisotopic (exact) mass is 463 g/mol. The van der Waals surface area contributed by atoms with Crippen molar-refractivity contribution in [3.05, 3.63) is 65.0 Å². The number of rotatable bonds is 7. The maximum Gasteiger partial charge on any atom is 0.325 e. The molecular weight excluding hydrogens is 432 g/mol. The molecule has 0 spiro atoms. The van der Waals surface area contributed by atoms with Gasteiger partial charge in [-0.2, -0.15) is 0 Å². The van der Waals surface area contributed by atoms with Crippen molar-refractivity contribution in [2.75, 3.05) is 6.61 Å². The van der Waals surface area contributed by atoms with Gasteiger partial charge >= 0.3 is 11.6 Å². The van der Waals surface area contributed by atoms with Crippen molar-refractivity contribution in [1.29, 1.82) is 5.41 Å². The Labute approximate surface area is 199 Å². The Morgan fingerprint density at radius 2 is 2.06 bits per heavy atom. The summed E-state index contributed by atoms with van der Waals surface area (Å²) in [5.74, 6) is 2.67. The van der Waals surface area contributed by atoms with Crippen LogP contribution in [0.5, 0.6) is 0 Å². The number of nitrogens with zero attached hydrogens (tertiary/aromatic N) is 1. The molecule has 8 nitrogen and oxygen atoms in total. The van der Waals surface area contributed by atoms with Gasteiger partial charge in [0.05, 0.1) is 18.0 Å². The number of ether oxygens (including phenoxy) is 1. The van der Waals surface area contributed by atoms with Crippen LogP contribution in [0.25, 0.3) is 0 Å². The molecule has 1 heterocycles. The number of aliphatic hydroxyl groups is 1. The zero-order valence-electron chi connectivity index (χ0n) is 19.3. The predicted octanol–water partition coefficient (Wildman–Crippen LogP) is 2.44. The Hall–Kier alpha value is -3.57. The van der Waals surface area contributed by atoms with E-state index in [2.05, 4.69) is 16.6 Å². The number of amides is 1. The van der Waals surface area contributed by atoms with Crippen molar-refractivity contribution < 1.29 is 24.6 Å². The molecule has 3 aliphatic carbocycles. The van der Waals surface area contributed by atoms with Gasteiger partial charge in [0, 0.05) is 46.7 Å². The lowest BCUT2D eigenvalue weighted by Gasteiger charge is -2.32. The van der Waals surface area contributed by atoms with Crippen molar-refractivity contribution >= 4 is 11.6 Å². The minimum absolute atomic E-state index is 0.133. The van der Waals surface area contributed by atoms with Gasteiger partial charge in [-0.05, 0) is 57.6 Å². The SMILES string of the molecule is C#C[C@]1(O)CC[C@H](N/C=C2/C=C(NC(=O)c3cccc(C4CC4)[n+]3O)C(OCC)=CC2=N)CC1. The van der Waals surface area contributed by atoms with Crippen LogP contribution in [0.2, 0.25) is 0 Å². The van der Waals surface area contributed by atoms with E-state index in [0.29, 0.717) is 36.5 Å². The van der Waals surface area contributed by atoms with Crippen molar-refractivity contribution in [3.8, 4) is 12.3 Å². The Balaban J connectivity index is 1.50. The Morgan fingerprint density at radius 3 is 2.71 bits per heavy atom. The lowest BCUT2D eigenvalue weighted by atomic mass is 9.83. The Morgan fingerprint density at radius 1 is 1.32 bits per heavy atom. The van der Waals surface area contributed by atoms with Gasteiger partial charge in [0.15, 0.2) is 0 Å². The smallest absolute Gasteiger partial charge is 0.325 e. The normalized spacial score (nSPS) is 25.7. The second kappa shape index (κ2) is 9.74. The van der Waals surface area contributed by atoms with Crippen LogP contribution in [0.15, 0.2) is 53.6 Å². The van der Waals surface area contributed by atoms with E-state index in [1.54, 1.807) is 30.5 Å². The first-order chi connectivity index (χ1) is 16.3. The summed E-state index contributed by atoms with van der Waals surface area (Å²) < 4.78 is 6.62. The van der Waals surface area contributed by atoms with E-state index in [0.717, 1.165) is 36.1 Å². The fourth-order valence-corrected chi connectivity index (χ4v) is 4.27. The van der Waals surface area contributed by atoms with Crippen LogP contribution >= 0.6 is 0 Å². The molecular formula is C26H31N4O4+. The fraction of sp³-hybridized carbons (Fsp3) is 0.423. The second-order valence-electron chi connectivity index (χ2n) is 9.01. The first-order valence-electron chi connectivity index (χ1n) is 11.7. The summed E-state index contributed by atoms with van der Waals surface area (Å²) in [4.78, 5) is 13.0. The van der Waals surface area contributed by atoms with E-state index in [-0.39, 0.29) is 23.4 Å². The predicted molar refractivity (Wildman–Crippen MR) is 126 cm³/mol. The summed E-state index contributed by atoms with van der Waals surface area (Å²) >= 11 is 0. The summed E-state index contributed by atoms with van der Waals surface area (Å²) in [7, 11) is 0. The van der Waals surface area contributed by atoms with Crippen molar-refractivity contribution in [2.24, 2.45) is 0 Å². The molecule has 178 valence electrons. The number of terminal acetylenes is 1. The Bertz CT molecular complexity index is 1120. The highest BCUT2D eigenvalue weighted by Gasteiger charge is 2.36. The van der Waals surface area contributed by atoms with Crippen LogP contribution in [0.3, 0.4) is 0 Å². The fourth-order valence-electron chi connectivity index (χ4n) is 4.27. The summed E-state index contributed by atoms with van der Waals surface area (Å²) in [6.45, 7) is 2.21. The van der Waals surface area contributed by atoms with E-state index in [1.807, 2.05) is 13.0 Å². The number of hydrogen-bond acceptors (Lipinski definition) is 6. The molecule has 0 bridgehead atoms. The van der Waals surface area contributed by atoms with Crippen LogP contribution in [0.1, 0.15) is 67.5 Å². The third-order valence-corrected chi connectivity index (χ3v) is 6.48. The zero-order valence-corrected chi connectivity index (χ0v) is 19.3. The van der Waals surface area contributed by atoms with Crippen LogP contribution in [0, 0.1) is 17.8 Å². The number of carbonyl (C=O) groups excluding carboxylic acids is 1. The average Bonchev–Trinajstić information content (AvgIpc) is 3.66. The first kappa shape index (κ1) is 23.6. The molecule has 1 aromatic rings. The molecule has 1 aromatic heterocycles. The number of aromatic nitrogens is 1. The quantitative estimate of drug-likeness (QED) is 0.242. The van der Waals surface area contributed by atoms with E-state index in [9.17, 15) is 15.1 Å². The van der Waals surface area contributed by atoms with Gasteiger partial charge in [-0.3, -0.25) is 10.0 Å². The molecule has 0 saturated heterocycles. The molecule has 2 saturated carbocycles. The van der Waals surface area contributed by atoms with Gasteiger partial charge in [-0.1, -0.05) is 5.92 Å². The van der Waals surface area contributed by atoms with Gasteiger partial charge in [0.1, 0.15) is 11.4 Å². The molecule has 4 rings (SSSR count). The van der Waals surface area contributed by atoms with Gasteiger partial charge in [0.2, 0.25) is 5.69 Å². The lowest BCUT2D eigenvalue weighted by Crippen LogP contribution is -2.45. The summed E-state index contributed by atoms with van der Waals surface area (Å²) in [5.41, 5.74) is 1.07. The van der Waals surface area contributed by atoms with Gasteiger partial charge in [-0.25, -0.2) is 0 Å². The van der Waals surface area contributed by atoms with Crippen molar-refractivity contribution in [2.45, 2.75) is 63.0 Å². The summed E-state index contributed by atoms with van der Waals surface area (Å²) in [6, 6.07) is 5.29. The summed E-state index contributed by atoms with van der Waals surface area (Å²) in [5, 5.41) is 35.3. The Kier molecular flexibility index (Phi) is 6.75. The molecule has 34 heavy (non-hydrogen) atoms. The van der Waals surface area contributed by atoms with E-state index >= 15 is 0 Å². The zero-order chi connectivity index (χ0) is 24.3. The van der Waals surface area contributed by atoms with Gasteiger partial charge in [-0.15, -0.1) is 6.42 Å². The van der Waals surface area contributed by atoms with Crippen LogP contribution in [-0.2, 0) is 4.74 Å². The molecule has 1 amide bonds. The van der Waals surface area contributed by atoms with E-state index < -0.39 is 11.5 Å². The molecule has 3 aliphatic rings. The van der Waals surface area contributed by atoms with E-state index in [1.165, 1.54) is 0 Å². The first-order valence-corrected chi connectivity index (χ1v) is 11.7. The molecule has 0 atom stereocenters.